The van der Waals surface area contributed by atoms with Crippen molar-refractivity contribution >= 4 is 11.1 Å². The van der Waals surface area contributed by atoms with Crippen LogP contribution in [0.3, 0.4) is 0 Å². The molecule has 2 aromatic heterocycles. The highest BCUT2D eigenvalue weighted by molar-refractivity contribution is 5.72. The molecule has 0 amide bonds. The number of oxazole rings is 1. The summed E-state index contributed by atoms with van der Waals surface area (Å²) in [6.45, 7) is 2.97. The van der Waals surface area contributed by atoms with Gasteiger partial charge in [-0.2, -0.15) is 0 Å². The number of rotatable bonds is 4. The van der Waals surface area contributed by atoms with Crippen LogP contribution in [0, 0.1) is 0 Å². The van der Waals surface area contributed by atoms with Crippen molar-refractivity contribution < 1.29 is 9.15 Å². The number of hydrogen-bond donors (Lipinski definition) is 0. The Labute approximate surface area is 141 Å². The van der Waals surface area contributed by atoms with Gasteiger partial charge in [0.25, 0.3) is 0 Å². The zero-order chi connectivity index (χ0) is 16.4. The van der Waals surface area contributed by atoms with Gasteiger partial charge in [-0.15, -0.1) is 0 Å². The van der Waals surface area contributed by atoms with Crippen LogP contribution in [0.5, 0.6) is 5.88 Å². The lowest BCUT2D eigenvalue weighted by Crippen LogP contribution is -2.34. The number of ether oxygens (including phenoxy) is 1. The highest BCUT2D eigenvalue weighted by atomic mass is 16.5. The van der Waals surface area contributed by atoms with Crippen molar-refractivity contribution in [2.45, 2.75) is 25.3 Å². The van der Waals surface area contributed by atoms with E-state index in [0.717, 1.165) is 49.5 Å². The first-order chi connectivity index (χ1) is 11.8. The van der Waals surface area contributed by atoms with Crippen molar-refractivity contribution in [2.24, 2.45) is 0 Å². The third-order valence-electron chi connectivity index (χ3n) is 4.58. The quantitative estimate of drug-likeness (QED) is 0.734. The van der Waals surface area contributed by atoms with Gasteiger partial charge in [0.1, 0.15) is 5.52 Å². The largest absolute Gasteiger partial charge is 0.481 e. The van der Waals surface area contributed by atoms with Crippen LogP contribution in [0.1, 0.15) is 30.2 Å². The van der Waals surface area contributed by atoms with Gasteiger partial charge in [0.05, 0.1) is 7.11 Å². The minimum atomic E-state index is 0.356. The van der Waals surface area contributed by atoms with Crippen LogP contribution < -0.4 is 4.74 Å². The van der Waals surface area contributed by atoms with Crippen LogP contribution in [-0.4, -0.2) is 35.1 Å². The van der Waals surface area contributed by atoms with Gasteiger partial charge in [-0.1, -0.05) is 12.1 Å². The summed E-state index contributed by atoms with van der Waals surface area (Å²) in [4.78, 5) is 11.3. The Bertz CT molecular complexity index is 797. The summed E-state index contributed by atoms with van der Waals surface area (Å²) in [7, 11) is 1.65. The molecule has 1 aliphatic rings. The molecule has 0 saturated carbocycles. The predicted molar refractivity (Wildman–Crippen MR) is 92.1 cm³/mol. The zero-order valence-electron chi connectivity index (χ0n) is 13.8. The molecular weight excluding hydrogens is 302 g/mol. The highest BCUT2D eigenvalue weighted by Crippen LogP contribution is 2.29. The number of benzene rings is 1. The number of hydrogen-bond acceptors (Lipinski definition) is 5. The number of likely N-dealkylation sites (tertiary alicyclic amines) is 1. The van der Waals surface area contributed by atoms with E-state index in [9.17, 15) is 0 Å². The maximum atomic E-state index is 5.97. The van der Waals surface area contributed by atoms with Crippen molar-refractivity contribution in [3.8, 4) is 5.88 Å². The van der Waals surface area contributed by atoms with Crippen LogP contribution in [0.2, 0.25) is 0 Å². The fraction of sp³-hybridized carbons (Fsp3) is 0.368. The smallest absolute Gasteiger partial charge is 0.213 e. The van der Waals surface area contributed by atoms with Crippen LogP contribution in [0.25, 0.3) is 11.1 Å². The topological polar surface area (TPSA) is 51.4 Å². The Balaban J connectivity index is 1.48. The second-order valence-corrected chi connectivity index (χ2v) is 6.30. The van der Waals surface area contributed by atoms with E-state index in [1.54, 1.807) is 13.3 Å². The summed E-state index contributed by atoms with van der Waals surface area (Å²) in [5.41, 5.74) is 3.05. The summed E-state index contributed by atoms with van der Waals surface area (Å²) in [5.74, 6) is 1.89. The Morgan fingerprint density at radius 1 is 1.29 bits per heavy atom. The number of pyridine rings is 1. The molecule has 0 bridgehead atoms. The maximum Gasteiger partial charge on any atom is 0.213 e. The molecule has 1 atom stereocenters. The summed E-state index contributed by atoms with van der Waals surface area (Å²) in [6, 6.07) is 12.0. The second-order valence-electron chi connectivity index (χ2n) is 6.30. The SMILES string of the molecule is COc1cc(CN2CCCC(c3nc4ccccc4o3)C2)ccn1. The molecule has 1 unspecified atom stereocenters. The fourth-order valence-electron chi connectivity index (χ4n) is 3.38. The number of aromatic nitrogens is 2. The van der Waals surface area contributed by atoms with Crippen molar-refractivity contribution in [3.05, 3.63) is 54.0 Å². The molecule has 4 rings (SSSR count). The Kier molecular flexibility index (Phi) is 4.17. The van der Waals surface area contributed by atoms with Gasteiger partial charge in [0.15, 0.2) is 11.5 Å². The minimum absolute atomic E-state index is 0.356. The van der Waals surface area contributed by atoms with E-state index in [1.807, 2.05) is 36.4 Å². The molecule has 3 aromatic rings. The Morgan fingerprint density at radius 2 is 2.21 bits per heavy atom. The number of para-hydroxylation sites is 2. The first-order valence-electron chi connectivity index (χ1n) is 8.38. The molecule has 0 radical (unpaired) electrons. The lowest BCUT2D eigenvalue weighted by molar-refractivity contribution is 0.187. The van der Waals surface area contributed by atoms with Crippen molar-refractivity contribution in [2.75, 3.05) is 20.2 Å². The molecule has 3 heterocycles. The molecule has 1 saturated heterocycles. The molecular formula is C19H21N3O2. The molecule has 0 spiro atoms. The number of methoxy groups -OCH3 is 1. The van der Waals surface area contributed by atoms with E-state index in [2.05, 4.69) is 14.9 Å². The summed E-state index contributed by atoms with van der Waals surface area (Å²) in [5, 5.41) is 0. The summed E-state index contributed by atoms with van der Waals surface area (Å²) in [6.07, 6.45) is 4.09. The standard InChI is InChI=1S/C19H21N3O2/c1-23-18-11-14(8-9-20-18)12-22-10-4-5-15(13-22)19-21-16-6-2-3-7-17(16)24-19/h2-3,6-9,11,15H,4-5,10,12-13H2,1H3. The summed E-state index contributed by atoms with van der Waals surface area (Å²) < 4.78 is 11.2. The maximum absolute atomic E-state index is 5.97. The molecule has 1 aromatic carbocycles. The van der Waals surface area contributed by atoms with Crippen LogP contribution in [-0.2, 0) is 6.54 Å². The molecule has 5 heteroatoms. The van der Waals surface area contributed by atoms with Gasteiger partial charge >= 0.3 is 0 Å². The molecule has 0 N–H and O–H groups in total. The first-order valence-corrected chi connectivity index (χ1v) is 8.38. The first kappa shape index (κ1) is 15.1. The van der Waals surface area contributed by atoms with E-state index in [1.165, 1.54) is 5.56 Å². The Hall–Kier alpha value is -2.40. The predicted octanol–water partition coefficient (Wildman–Crippen LogP) is 3.61. The molecule has 1 fully saturated rings. The third kappa shape index (κ3) is 3.12. The average molecular weight is 323 g/mol. The Morgan fingerprint density at radius 3 is 3.08 bits per heavy atom. The average Bonchev–Trinajstić information content (AvgIpc) is 3.06. The van der Waals surface area contributed by atoms with E-state index in [4.69, 9.17) is 9.15 Å². The van der Waals surface area contributed by atoms with Gasteiger partial charge in [-0.05, 0) is 43.1 Å². The number of fused-ring (bicyclic) bond motifs is 1. The van der Waals surface area contributed by atoms with Crippen LogP contribution in [0.4, 0.5) is 0 Å². The van der Waals surface area contributed by atoms with Crippen molar-refractivity contribution in [1.82, 2.24) is 14.9 Å². The van der Waals surface area contributed by atoms with E-state index >= 15 is 0 Å². The third-order valence-corrected chi connectivity index (χ3v) is 4.58. The van der Waals surface area contributed by atoms with Crippen LogP contribution >= 0.6 is 0 Å². The van der Waals surface area contributed by atoms with Crippen molar-refractivity contribution in [1.29, 1.82) is 0 Å². The zero-order valence-corrected chi connectivity index (χ0v) is 13.8. The van der Waals surface area contributed by atoms with Gasteiger partial charge in [0, 0.05) is 31.3 Å². The molecule has 5 nitrogen and oxygen atoms in total. The van der Waals surface area contributed by atoms with Crippen molar-refractivity contribution in [3.63, 3.8) is 0 Å². The molecule has 1 aliphatic heterocycles. The minimum Gasteiger partial charge on any atom is -0.481 e. The van der Waals surface area contributed by atoms with Crippen LogP contribution in [0.15, 0.2) is 47.0 Å². The lowest BCUT2D eigenvalue weighted by Gasteiger charge is -2.31. The van der Waals surface area contributed by atoms with Gasteiger partial charge < -0.3 is 9.15 Å². The van der Waals surface area contributed by atoms with E-state index in [-0.39, 0.29) is 0 Å². The van der Waals surface area contributed by atoms with E-state index in [0.29, 0.717) is 11.8 Å². The van der Waals surface area contributed by atoms with Gasteiger partial charge in [-0.3, -0.25) is 4.90 Å². The fourth-order valence-corrected chi connectivity index (χ4v) is 3.38. The summed E-state index contributed by atoms with van der Waals surface area (Å²) >= 11 is 0. The normalized spacial score (nSPS) is 18.8. The number of piperidine rings is 1. The van der Waals surface area contributed by atoms with Gasteiger partial charge in [-0.25, -0.2) is 9.97 Å². The second kappa shape index (κ2) is 6.61. The van der Waals surface area contributed by atoms with Gasteiger partial charge in [0.2, 0.25) is 5.88 Å². The van der Waals surface area contributed by atoms with E-state index < -0.39 is 0 Å². The highest BCUT2D eigenvalue weighted by Gasteiger charge is 2.25. The molecule has 0 aliphatic carbocycles. The molecule has 124 valence electrons. The lowest BCUT2D eigenvalue weighted by atomic mass is 9.97. The monoisotopic (exact) mass is 323 g/mol. The molecule has 24 heavy (non-hydrogen) atoms. The number of nitrogens with zero attached hydrogens (tertiary/aromatic N) is 3.